The number of hydrogen-bond donors (Lipinski definition) is 1. The first kappa shape index (κ1) is 20.4. The van der Waals surface area contributed by atoms with E-state index in [1.54, 1.807) is 5.06 Å². The normalized spacial score (nSPS) is 26.8. The molecule has 1 aromatic rings. The number of nitrogens with one attached hydrogen (secondary N) is 1. The first-order valence-corrected chi connectivity index (χ1v) is 11.0. The first-order chi connectivity index (χ1) is 14.0. The van der Waals surface area contributed by atoms with Crippen molar-refractivity contribution < 1.29 is 9.63 Å². The maximum Gasteiger partial charge on any atom is 0.430 e. The third-order valence-corrected chi connectivity index (χ3v) is 6.72. The molecule has 0 aromatic heterocycles. The van der Waals surface area contributed by atoms with Crippen LogP contribution >= 0.6 is 0 Å². The number of amides is 1. The highest BCUT2D eigenvalue weighted by Gasteiger charge is 2.33. The zero-order valence-electron chi connectivity index (χ0n) is 18.1. The predicted octanol–water partition coefficient (Wildman–Crippen LogP) is 2.77. The number of anilines is 2. The fourth-order valence-electron chi connectivity index (χ4n) is 4.86. The number of carbonyl (C=O) groups is 1. The molecular formula is C22H35N5O2. The predicted molar refractivity (Wildman–Crippen MR) is 116 cm³/mol. The summed E-state index contributed by atoms with van der Waals surface area (Å²) in [5.41, 5.74) is 3.13. The smallest absolute Gasteiger partial charge is 0.370 e. The van der Waals surface area contributed by atoms with Gasteiger partial charge >= 0.3 is 6.09 Å². The van der Waals surface area contributed by atoms with Crippen LogP contribution in [-0.4, -0.2) is 85.9 Å². The van der Waals surface area contributed by atoms with Gasteiger partial charge in [-0.3, -0.25) is 10.2 Å². The summed E-state index contributed by atoms with van der Waals surface area (Å²) in [4.78, 5) is 25.1. The molecule has 0 saturated carbocycles. The Labute approximate surface area is 174 Å². The lowest BCUT2D eigenvalue weighted by molar-refractivity contribution is -0.115. The van der Waals surface area contributed by atoms with Crippen molar-refractivity contribution in [3.63, 3.8) is 0 Å². The number of carbonyl (C=O) groups excluding carboxylic acids is 1. The van der Waals surface area contributed by atoms with E-state index in [0.717, 1.165) is 56.6 Å². The SMILES string of the molecule is Cc1cc(N2CCC(N3CCCC3C)C2)ccc1NC(=O)ON1CCN(C)CC1. The second kappa shape index (κ2) is 8.90. The fourth-order valence-corrected chi connectivity index (χ4v) is 4.86. The third-order valence-electron chi connectivity index (χ3n) is 6.72. The number of likely N-dealkylation sites (N-methyl/N-ethyl adjacent to an activating group) is 1. The minimum Gasteiger partial charge on any atom is -0.370 e. The molecule has 0 aliphatic carbocycles. The molecule has 0 bridgehead atoms. The Hall–Kier alpha value is -1.83. The first-order valence-electron chi connectivity index (χ1n) is 11.0. The lowest BCUT2D eigenvalue weighted by Gasteiger charge is -2.30. The molecule has 1 N–H and O–H groups in total. The molecule has 0 spiro atoms. The van der Waals surface area contributed by atoms with Gasteiger partial charge in [-0.15, -0.1) is 5.06 Å². The van der Waals surface area contributed by atoms with Gasteiger partial charge in [0, 0.05) is 62.7 Å². The van der Waals surface area contributed by atoms with E-state index in [0.29, 0.717) is 6.04 Å². The average molecular weight is 402 g/mol. The maximum atomic E-state index is 12.3. The summed E-state index contributed by atoms with van der Waals surface area (Å²) >= 11 is 0. The quantitative estimate of drug-likeness (QED) is 0.837. The molecule has 3 aliphatic rings. The second-order valence-electron chi connectivity index (χ2n) is 8.85. The van der Waals surface area contributed by atoms with Crippen LogP contribution in [0.3, 0.4) is 0 Å². The summed E-state index contributed by atoms with van der Waals surface area (Å²) in [6.07, 6.45) is 3.50. The highest BCUT2D eigenvalue weighted by molar-refractivity contribution is 5.86. The Morgan fingerprint density at radius 1 is 1.10 bits per heavy atom. The van der Waals surface area contributed by atoms with Crippen LogP contribution in [0.5, 0.6) is 0 Å². The van der Waals surface area contributed by atoms with Gasteiger partial charge in [-0.25, -0.2) is 4.79 Å². The van der Waals surface area contributed by atoms with Crippen LogP contribution in [-0.2, 0) is 4.84 Å². The molecule has 4 rings (SSSR count). The highest BCUT2D eigenvalue weighted by Crippen LogP contribution is 2.30. The van der Waals surface area contributed by atoms with Crippen LogP contribution in [0.15, 0.2) is 18.2 Å². The molecule has 1 aromatic carbocycles. The maximum absolute atomic E-state index is 12.3. The van der Waals surface area contributed by atoms with E-state index in [1.807, 2.05) is 13.0 Å². The van der Waals surface area contributed by atoms with Crippen LogP contribution < -0.4 is 10.2 Å². The molecule has 7 heteroatoms. The lowest BCUT2D eigenvalue weighted by Crippen LogP contribution is -2.45. The Bertz CT molecular complexity index is 719. The highest BCUT2D eigenvalue weighted by atomic mass is 16.7. The molecule has 3 saturated heterocycles. The summed E-state index contributed by atoms with van der Waals surface area (Å²) < 4.78 is 0. The van der Waals surface area contributed by atoms with Crippen molar-refractivity contribution >= 4 is 17.5 Å². The number of hydroxylamine groups is 2. The Morgan fingerprint density at radius 3 is 2.59 bits per heavy atom. The summed E-state index contributed by atoms with van der Waals surface area (Å²) in [6, 6.07) is 7.70. The van der Waals surface area contributed by atoms with Crippen LogP contribution in [0, 0.1) is 6.92 Å². The van der Waals surface area contributed by atoms with Crippen molar-refractivity contribution in [2.24, 2.45) is 0 Å². The summed E-state index contributed by atoms with van der Waals surface area (Å²) in [6.45, 7) is 11.2. The number of hydrogen-bond acceptors (Lipinski definition) is 6. The van der Waals surface area contributed by atoms with Crippen LogP contribution in [0.1, 0.15) is 31.7 Å². The molecule has 160 valence electrons. The topological polar surface area (TPSA) is 51.3 Å². The monoisotopic (exact) mass is 401 g/mol. The van der Waals surface area contributed by atoms with E-state index in [4.69, 9.17) is 4.84 Å². The van der Waals surface area contributed by atoms with E-state index < -0.39 is 6.09 Å². The molecule has 0 radical (unpaired) electrons. The van der Waals surface area contributed by atoms with Gasteiger partial charge in [0.25, 0.3) is 0 Å². The van der Waals surface area contributed by atoms with Gasteiger partial charge < -0.3 is 14.6 Å². The zero-order chi connectivity index (χ0) is 20.4. The van der Waals surface area contributed by atoms with E-state index in [9.17, 15) is 4.79 Å². The Morgan fingerprint density at radius 2 is 1.90 bits per heavy atom. The summed E-state index contributed by atoms with van der Waals surface area (Å²) in [5, 5.41) is 4.64. The minimum atomic E-state index is -0.408. The molecule has 29 heavy (non-hydrogen) atoms. The molecule has 2 unspecified atom stereocenters. The number of piperazine rings is 1. The van der Waals surface area contributed by atoms with E-state index >= 15 is 0 Å². The van der Waals surface area contributed by atoms with Gasteiger partial charge in [0.1, 0.15) is 0 Å². The van der Waals surface area contributed by atoms with Gasteiger partial charge in [-0.1, -0.05) is 0 Å². The molecule has 1 amide bonds. The summed E-state index contributed by atoms with van der Waals surface area (Å²) in [7, 11) is 2.08. The standard InChI is InChI=1S/C22H35N5O2/c1-17-15-19(25-10-8-20(16-25)27-9-4-5-18(27)2)6-7-21(17)23-22(28)29-26-13-11-24(3)12-14-26/h6-7,15,18,20H,4-5,8-14,16H2,1-3H3,(H,23,28). The fraction of sp³-hybridized carbons (Fsp3) is 0.682. The van der Waals surface area contributed by atoms with Crippen molar-refractivity contribution in [2.75, 3.05) is 63.1 Å². The number of nitrogens with zero attached hydrogens (tertiary/aromatic N) is 4. The van der Waals surface area contributed by atoms with Gasteiger partial charge in [0.15, 0.2) is 0 Å². The van der Waals surface area contributed by atoms with E-state index in [1.165, 1.54) is 31.5 Å². The number of benzene rings is 1. The zero-order valence-corrected chi connectivity index (χ0v) is 18.1. The third kappa shape index (κ3) is 4.85. The number of likely N-dealkylation sites (tertiary alicyclic amines) is 1. The van der Waals surface area contributed by atoms with Crippen LogP contribution in [0.4, 0.5) is 16.2 Å². The second-order valence-corrected chi connectivity index (χ2v) is 8.85. The Kier molecular flexibility index (Phi) is 6.27. The molecule has 2 atom stereocenters. The molecule has 3 fully saturated rings. The van der Waals surface area contributed by atoms with Crippen LogP contribution in [0.25, 0.3) is 0 Å². The van der Waals surface area contributed by atoms with E-state index in [-0.39, 0.29) is 0 Å². The molecule has 3 heterocycles. The van der Waals surface area contributed by atoms with Crippen molar-refractivity contribution in [2.45, 2.75) is 45.2 Å². The van der Waals surface area contributed by atoms with Crippen molar-refractivity contribution in [1.29, 1.82) is 0 Å². The van der Waals surface area contributed by atoms with Gasteiger partial charge in [0.05, 0.1) is 0 Å². The molecular weight excluding hydrogens is 366 g/mol. The molecule has 7 nitrogen and oxygen atoms in total. The number of rotatable bonds is 4. The lowest BCUT2D eigenvalue weighted by atomic mass is 10.1. The van der Waals surface area contributed by atoms with Gasteiger partial charge in [-0.05, 0) is 70.5 Å². The molecule has 3 aliphatic heterocycles. The summed E-state index contributed by atoms with van der Waals surface area (Å²) in [5.74, 6) is 0. The largest absolute Gasteiger partial charge is 0.430 e. The van der Waals surface area contributed by atoms with Crippen molar-refractivity contribution in [3.8, 4) is 0 Å². The number of aryl methyl sites for hydroxylation is 1. The Balaban J connectivity index is 1.31. The van der Waals surface area contributed by atoms with Gasteiger partial charge in [0.2, 0.25) is 0 Å². The van der Waals surface area contributed by atoms with E-state index in [2.05, 4.69) is 46.1 Å². The van der Waals surface area contributed by atoms with Gasteiger partial charge in [-0.2, -0.15) is 0 Å². The average Bonchev–Trinajstić information content (AvgIpc) is 3.34. The van der Waals surface area contributed by atoms with Crippen molar-refractivity contribution in [3.05, 3.63) is 23.8 Å². The van der Waals surface area contributed by atoms with Crippen molar-refractivity contribution in [1.82, 2.24) is 14.9 Å². The van der Waals surface area contributed by atoms with Crippen LogP contribution in [0.2, 0.25) is 0 Å². The minimum absolute atomic E-state index is 0.408.